The highest BCUT2D eigenvalue weighted by atomic mass is 32.2. The first kappa shape index (κ1) is 26.7. The number of carbonyl (C=O) groups excluding carboxylic acids is 2. The van der Waals surface area contributed by atoms with E-state index in [1.165, 1.54) is 37.3 Å². The van der Waals surface area contributed by atoms with Crippen molar-refractivity contribution in [2.24, 2.45) is 0 Å². The van der Waals surface area contributed by atoms with Gasteiger partial charge in [-0.25, -0.2) is 8.42 Å². The SMILES string of the molecule is CC(=O)Nc1ccc(S(=O)(=O)/C(C#N)=C/c2cn(CC(=O)N(C(C)C)C(C)C)c3ccccc23)cc1. The van der Waals surface area contributed by atoms with Crippen molar-refractivity contribution in [1.29, 1.82) is 5.26 Å². The van der Waals surface area contributed by atoms with E-state index in [2.05, 4.69) is 5.32 Å². The van der Waals surface area contributed by atoms with Crippen LogP contribution in [0.15, 0.2) is 64.5 Å². The first-order chi connectivity index (χ1) is 16.9. The van der Waals surface area contributed by atoms with Crippen molar-refractivity contribution in [1.82, 2.24) is 9.47 Å². The Morgan fingerprint density at radius 1 is 1.06 bits per heavy atom. The fourth-order valence-electron chi connectivity index (χ4n) is 4.28. The number of benzene rings is 2. The molecule has 1 aromatic heterocycles. The molecule has 0 aliphatic carbocycles. The minimum absolute atomic E-state index is 0.0334. The van der Waals surface area contributed by atoms with E-state index < -0.39 is 14.7 Å². The second-order valence-corrected chi connectivity index (χ2v) is 11.0. The molecule has 36 heavy (non-hydrogen) atoms. The second-order valence-electron chi connectivity index (χ2n) is 9.05. The quantitative estimate of drug-likeness (QED) is 0.449. The lowest BCUT2D eigenvalue weighted by molar-refractivity contribution is -0.135. The van der Waals surface area contributed by atoms with Crippen LogP contribution in [-0.4, -0.2) is 41.8 Å². The lowest BCUT2D eigenvalue weighted by Crippen LogP contribution is -2.43. The summed E-state index contributed by atoms with van der Waals surface area (Å²) in [6.07, 6.45) is 3.04. The van der Waals surface area contributed by atoms with Crippen LogP contribution in [0.3, 0.4) is 0 Å². The monoisotopic (exact) mass is 506 g/mol. The lowest BCUT2D eigenvalue weighted by atomic mass is 10.1. The van der Waals surface area contributed by atoms with Gasteiger partial charge in [0.1, 0.15) is 17.5 Å². The van der Waals surface area contributed by atoms with Crippen molar-refractivity contribution in [2.45, 2.75) is 58.1 Å². The minimum Gasteiger partial charge on any atom is -0.337 e. The Balaban J connectivity index is 2.03. The summed E-state index contributed by atoms with van der Waals surface area (Å²) in [7, 11) is -4.11. The van der Waals surface area contributed by atoms with Crippen LogP contribution in [0.4, 0.5) is 5.69 Å². The van der Waals surface area contributed by atoms with Crippen LogP contribution < -0.4 is 5.32 Å². The number of anilines is 1. The van der Waals surface area contributed by atoms with Gasteiger partial charge in [0.15, 0.2) is 0 Å². The van der Waals surface area contributed by atoms with E-state index in [9.17, 15) is 23.3 Å². The number of nitriles is 1. The molecule has 1 N–H and O–H groups in total. The van der Waals surface area contributed by atoms with Crippen LogP contribution in [0, 0.1) is 11.3 Å². The Labute approximate surface area is 211 Å². The Morgan fingerprint density at radius 3 is 2.22 bits per heavy atom. The molecule has 3 rings (SSSR count). The number of carbonyl (C=O) groups is 2. The Hall–Kier alpha value is -3.90. The Morgan fingerprint density at radius 2 is 1.67 bits per heavy atom. The molecule has 2 aromatic carbocycles. The molecule has 0 atom stereocenters. The maximum absolute atomic E-state index is 13.2. The van der Waals surface area contributed by atoms with E-state index in [1.807, 2.05) is 58.0 Å². The average molecular weight is 507 g/mol. The molecule has 0 saturated carbocycles. The third-order valence-electron chi connectivity index (χ3n) is 5.70. The molecule has 0 spiro atoms. The standard InChI is InChI=1S/C27H30N4O4S/c1-18(2)31(19(3)4)27(33)17-30-16-21(25-8-6-7-9-26(25)30)14-24(15-28)36(34,35)23-12-10-22(11-13-23)29-20(5)32/h6-14,16,18-19H,17H2,1-5H3,(H,29,32)/b24-14+. The number of amides is 2. The maximum atomic E-state index is 13.2. The lowest BCUT2D eigenvalue weighted by Gasteiger charge is -2.31. The highest BCUT2D eigenvalue weighted by Gasteiger charge is 2.23. The van der Waals surface area contributed by atoms with Gasteiger partial charge in [0.25, 0.3) is 0 Å². The zero-order valence-electron chi connectivity index (χ0n) is 21.0. The van der Waals surface area contributed by atoms with Gasteiger partial charge in [-0.2, -0.15) is 5.26 Å². The van der Waals surface area contributed by atoms with Crippen LogP contribution in [0.25, 0.3) is 17.0 Å². The van der Waals surface area contributed by atoms with Crippen molar-refractivity contribution in [3.63, 3.8) is 0 Å². The Bertz CT molecular complexity index is 1450. The summed E-state index contributed by atoms with van der Waals surface area (Å²) in [5.41, 5.74) is 1.74. The molecule has 0 bridgehead atoms. The Kier molecular flexibility index (Phi) is 8.00. The molecule has 0 radical (unpaired) electrons. The van der Waals surface area contributed by atoms with Gasteiger partial charge in [-0.05, 0) is 64.1 Å². The van der Waals surface area contributed by atoms with E-state index in [1.54, 1.807) is 15.7 Å². The first-order valence-electron chi connectivity index (χ1n) is 11.6. The van der Waals surface area contributed by atoms with E-state index in [0.29, 0.717) is 11.3 Å². The molecule has 8 nitrogen and oxygen atoms in total. The topological polar surface area (TPSA) is 112 Å². The third kappa shape index (κ3) is 5.66. The predicted molar refractivity (Wildman–Crippen MR) is 141 cm³/mol. The number of sulfone groups is 1. The molecule has 0 saturated heterocycles. The number of rotatable bonds is 8. The third-order valence-corrected chi connectivity index (χ3v) is 7.38. The highest BCUT2D eigenvalue weighted by Crippen LogP contribution is 2.28. The van der Waals surface area contributed by atoms with Crippen LogP contribution in [0.5, 0.6) is 0 Å². The van der Waals surface area contributed by atoms with Gasteiger partial charge in [0.05, 0.1) is 4.90 Å². The number of nitrogens with zero attached hydrogens (tertiary/aromatic N) is 3. The fourth-order valence-corrected chi connectivity index (χ4v) is 5.43. The minimum atomic E-state index is -4.11. The fraction of sp³-hybridized carbons (Fsp3) is 0.296. The number of allylic oxidation sites excluding steroid dienone is 1. The van der Waals surface area contributed by atoms with E-state index in [0.717, 1.165) is 10.9 Å². The average Bonchev–Trinajstić information content (AvgIpc) is 3.14. The number of hydrogen-bond acceptors (Lipinski definition) is 5. The van der Waals surface area contributed by atoms with E-state index in [-0.39, 0.29) is 35.3 Å². The van der Waals surface area contributed by atoms with Gasteiger partial charge in [0.2, 0.25) is 21.7 Å². The molecule has 188 valence electrons. The molecule has 0 aliphatic heterocycles. The summed E-state index contributed by atoms with van der Waals surface area (Å²) in [4.78, 5) is 25.6. The zero-order valence-corrected chi connectivity index (χ0v) is 21.8. The summed E-state index contributed by atoms with van der Waals surface area (Å²) < 4.78 is 28.2. The van der Waals surface area contributed by atoms with Gasteiger partial charge in [-0.1, -0.05) is 18.2 Å². The molecule has 0 unspecified atom stereocenters. The summed E-state index contributed by atoms with van der Waals surface area (Å²) in [5, 5.41) is 13.1. The first-order valence-corrected chi connectivity index (χ1v) is 13.1. The van der Waals surface area contributed by atoms with Crippen molar-refractivity contribution < 1.29 is 18.0 Å². The van der Waals surface area contributed by atoms with Crippen LogP contribution in [0.1, 0.15) is 40.2 Å². The number of para-hydroxylation sites is 1. The van der Waals surface area contributed by atoms with Gasteiger partial charge >= 0.3 is 0 Å². The second kappa shape index (κ2) is 10.8. The molecule has 1 heterocycles. The van der Waals surface area contributed by atoms with Gasteiger partial charge < -0.3 is 14.8 Å². The normalized spacial score (nSPS) is 12.1. The molecule has 0 fully saturated rings. The number of fused-ring (bicyclic) bond motifs is 1. The molecule has 2 amide bonds. The highest BCUT2D eigenvalue weighted by molar-refractivity contribution is 7.95. The summed E-state index contributed by atoms with van der Waals surface area (Å²) in [5.74, 6) is -0.327. The maximum Gasteiger partial charge on any atom is 0.242 e. The van der Waals surface area contributed by atoms with Crippen LogP contribution in [-0.2, 0) is 26.0 Å². The van der Waals surface area contributed by atoms with Crippen molar-refractivity contribution in [3.8, 4) is 6.07 Å². The van der Waals surface area contributed by atoms with Gasteiger partial charge in [-0.15, -0.1) is 0 Å². The van der Waals surface area contributed by atoms with Gasteiger partial charge in [0, 0.05) is 47.4 Å². The van der Waals surface area contributed by atoms with E-state index in [4.69, 9.17) is 0 Å². The molecular weight excluding hydrogens is 476 g/mol. The number of nitrogens with one attached hydrogen (secondary N) is 1. The van der Waals surface area contributed by atoms with Gasteiger partial charge in [-0.3, -0.25) is 9.59 Å². The van der Waals surface area contributed by atoms with Crippen LogP contribution >= 0.6 is 0 Å². The van der Waals surface area contributed by atoms with Crippen molar-refractivity contribution in [2.75, 3.05) is 5.32 Å². The zero-order chi connectivity index (χ0) is 26.6. The van der Waals surface area contributed by atoms with Crippen LogP contribution in [0.2, 0.25) is 0 Å². The molecule has 3 aromatic rings. The predicted octanol–water partition coefficient (Wildman–Crippen LogP) is 4.58. The summed E-state index contributed by atoms with van der Waals surface area (Å²) in [6, 6.07) is 14.9. The van der Waals surface area contributed by atoms with E-state index >= 15 is 0 Å². The molecule has 9 heteroatoms. The largest absolute Gasteiger partial charge is 0.337 e. The van der Waals surface area contributed by atoms with Crippen molar-refractivity contribution >= 4 is 44.3 Å². The molecule has 0 aliphatic rings. The summed E-state index contributed by atoms with van der Waals surface area (Å²) >= 11 is 0. The number of hydrogen-bond donors (Lipinski definition) is 1. The smallest absolute Gasteiger partial charge is 0.242 e. The number of aromatic nitrogens is 1. The van der Waals surface area contributed by atoms with Crippen molar-refractivity contribution in [3.05, 3.63) is 65.2 Å². The summed E-state index contributed by atoms with van der Waals surface area (Å²) in [6.45, 7) is 9.30. The molecular formula is C27H30N4O4S.